The van der Waals surface area contributed by atoms with Crippen LogP contribution in [0.1, 0.15) is 24.2 Å². The van der Waals surface area contributed by atoms with Crippen LogP contribution in [0.5, 0.6) is 0 Å². The lowest BCUT2D eigenvalue weighted by molar-refractivity contribution is 0.0709. The second-order valence-corrected chi connectivity index (χ2v) is 4.94. The SMILES string of the molecule is CCN(C(=O)c1cc(F)ccc1-c1ncccn1)[C@@H](C)CN. The summed E-state index contributed by atoms with van der Waals surface area (Å²) in [5.74, 6) is -0.357. The van der Waals surface area contributed by atoms with Crippen molar-refractivity contribution in [2.45, 2.75) is 19.9 Å². The molecule has 0 aliphatic carbocycles. The topological polar surface area (TPSA) is 72.1 Å². The standard InChI is InChI=1S/C16H19FN4O/c1-3-21(11(2)10-18)16(22)14-9-12(17)5-6-13(14)15-19-7-4-8-20-15/h4-9,11H,3,10,18H2,1-2H3/t11-/m0/s1. The lowest BCUT2D eigenvalue weighted by atomic mass is 10.0. The van der Waals surface area contributed by atoms with Gasteiger partial charge in [0.15, 0.2) is 5.82 Å². The maximum atomic E-state index is 13.6. The van der Waals surface area contributed by atoms with Gasteiger partial charge >= 0.3 is 0 Å². The minimum atomic E-state index is -0.473. The Bertz CT molecular complexity index is 648. The van der Waals surface area contributed by atoms with Crippen LogP contribution in [-0.2, 0) is 0 Å². The molecule has 22 heavy (non-hydrogen) atoms. The highest BCUT2D eigenvalue weighted by molar-refractivity contribution is 6.00. The number of carbonyl (C=O) groups excluding carboxylic acids is 1. The van der Waals surface area contributed by atoms with Crippen molar-refractivity contribution in [2.75, 3.05) is 13.1 Å². The van der Waals surface area contributed by atoms with Gasteiger partial charge in [0, 0.05) is 37.1 Å². The number of hydrogen-bond donors (Lipinski definition) is 1. The molecule has 0 spiro atoms. The van der Waals surface area contributed by atoms with E-state index in [1.165, 1.54) is 18.2 Å². The molecule has 0 fully saturated rings. The molecule has 116 valence electrons. The molecule has 1 aromatic heterocycles. The van der Waals surface area contributed by atoms with E-state index in [-0.39, 0.29) is 17.5 Å². The third kappa shape index (κ3) is 3.28. The van der Waals surface area contributed by atoms with Crippen molar-refractivity contribution in [2.24, 2.45) is 5.73 Å². The van der Waals surface area contributed by atoms with Gasteiger partial charge in [-0.1, -0.05) is 0 Å². The van der Waals surface area contributed by atoms with E-state index in [1.54, 1.807) is 23.4 Å². The average molecular weight is 302 g/mol. The summed E-state index contributed by atoms with van der Waals surface area (Å²) < 4.78 is 13.6. The zero-order chi connectivity index (χ0) is 16.1. The van der Waals surface area contributed by atoms with E-state index in [0.29, 0.717) is 24.5 Å². The van der Waals surface area contributed by atoms with Crippen molar-refractivity contribution < 1.29 is 9.18 Å². The summed E-state index contributed by atoms with van der Waals surface area (Å²) in [6.07, 6.45) is 3.17. The van der Waals surface area contributed by atoms with Gasteiger partial charge in [-0.2, -0.15) is 0 Å². The molecular formula is C16H19FN4O. The fourth-order valence-corrected chi connectivity index (χ4v) is 2.26. The zero-order valence-corrected chi connectivity index (χ0v) is 12.7. The average Bonchev–Trinajstić information content (AvgIpc) is 2.55. The van der Waals surface area contributed by atoms with Crippen LogP contribution in [0.25, 0.3) is 11.4 Å². The van der Waals surface area contributed by atoms with Crippen LogP contribution in [0.15, 0.2) is 36.7 Å². The highest BCUT2D eigenvalue weighted by atomic mass is 19.1. The van der Waals surface area contributed by atoms with Crippen LogP contribution in [0, 0.1) is 5.82 Å². The van der Waals surface area contributed by atoms with E-state index in [0.717, 1.165) is 0 Å². The molecular weight excluding hydrogens is 283 g/mol. The molecule has 2 aromatic rings. The lowest BCUT2D eigenvalue weighted by Crippen LogP contribution is -2.42. The maximum absolute atomic E-state index is 13.6. The summed E-state index contributed by atoms with van der Waals surface area (Å²) in [6, 6.07) is 5.60. The van der Waals surface area contributed by atoms with Crippen molar-refractivity contribution in [1.82, 2.24) is 14.9 Å². The first-order chi connectivity index (χ1) is 10.6. The molecule has 1 amide bonds. The van der Waals surface area contributed by atoms with Gasteiger partial charge in [0.05, 0.1) is 5.56 Å². The fraction of sp³-hybridized carbons (Fsp3) is 0.312. The minimum absolute atomic E-state index is 0.134. The van der Waals surface area contributed by atoms with Gasteiger partial charge in [-0.25, -0.2) is 14.4 Å². The maximum Gasteiger partial charge on any atom is 0.254 e. The number of benzene rings is 1. The Morgan fingerprint density at radius 3 is 2.64 bits per heavy atom. The second-order valence-electron chi connectivity index (χ2n) is 4.94. The van der Waals surface area contributed by atoms with Gasteiger partial charge in [0.1, 0.15) is 5.82 Å². The summed E-state index contributed by atoms with van der Waals surface area (Å²) in [5, 5.41) is 0. The minimum Gasteiger partial charge on any atom is -0.335 e. The van der Waals surface area contributed by atoms with Crippen molar-refractivity contribution >= 4 is 5.91 Å². The second kappa shape index (κ2) is 7.09. The number of carbonyl (C=O) groups is 1. The smallest absolute Gasteiger partial charge is 0.254 e. The molecule has 6 heteroatoms. The summed E-state index contributed by atoms with van der Waals surface area (Å²) in [7, 11) is 0. The summed E-state index contributed by atoms with van der Waals surface area (Å²) in [5.41, 5.74) is 6.40. The molecule has 2 N–H and O–H groups in total. The van der Waals surface area contributed by atoms with Crippen LogP contribution in [0.4, 0.5) is 4.39 Å². The summed E-state index contributed by atoms with van der Waals surface area (Å²) >= 11 is 0. The van der Waals surface area contributed by atoms with Crippen LogP contribution in [0.2, 0.25) is 0 Å². The largest absolute Gasteiger partial charge is 0.335 e. The summed E-state index contributed by atoms with van der Waals surface area (Å²) in [6.45, 7) is 4.55. The van der Waals surface area contributed by atoms with Crippen LogP contribution >= 0.6 is 0 Å². The monoisotopic (exact) mass is 302 g/mol. The van der Waals surface area contributed by atoms with Gasteiger partial charge in [-0.15, -0.1) is 0 Å². The Kier molecular flexibility index (Phi) is 5.16. The molecule has 0 aliphatic heterocycles. The number of aromatic nitrogens is 2. The first kappa shape index (κ1) is 16.0. The number of halogens is 1. The van der Waals surface area contributed by atoms with Gasteiger partial charge in [-0.3, -0.25) is 4.79 Å². The van der Waals surface area contributed by atoms with E-state index in [1.807, 2.05) is 13.8 Å². The number of nitrogens with two attached hydrogens (primary N) is 1. The van der Waals surface area contributed by atoms with Crippen molar-refractivity contribution in [1.29, 1.82) is 0 Å². The van der Waals surface area contributed by atoms with Crippen LogP contribution in [-0.4, -0.2) is 39.9 Å². The molecule has 0 radical (unpaired) electrons. The van der Waals surface area contributed by atoms with E-state index < -0.39 is 5.82 Å². The van der Waals surface area contributed by atoms with Crippen LogP contribution < -0.4 is 5.73 Å². The van der Waals surface area contributed by atoms with E-state index >= 15 is 0 Å². The number of likely N-dealkylation sites (N-methyl/N-ethyl adjacent to an activating group) is 1. The zero-order valence-electron chi connectivity index (χ0n) is 12.7. The van der Waals surface area contributed by atoms with Crippen molar-refractivity contribution in [3.05, 3.63) is 48.0 Å². The molecule has 1 heterocycles. The first-order valence-electron chi connectivity index (χ1n) is 7.16. The molecule has 0 bridgehead atoms. The van der Waals surface area contributed by atoms with E-state index in [9.17, 15) is 9.18 Å². The predicted octanol–water partition coefficient (Wildman–Crippen LogP) is 2.09. The molecule has 0 unspecified atom stereocenters. The van der Waals surface area contributed by atoms with Gasteiger partial charge < -0.3 is 10.6 Å². The van der Waals surface area contributed by atoms with E-state index in [4.69, 9.17) is 5.73 Å². The Morgan fingerprint density at radius 2 is 2.05 bits per heavy atom. The Labute approximate surface area is 129 Å². The van der Waals surface area contributed by atoms with Crippen molar-refractivity contribution in [3.8, 4) is 11.4 Å². The van der Waals surface area contributed by atoms with E-state index in [2.05, 4.69) is 9.97 Å². The quantitative estimate of drug-likeness (QED) is 0.918. The Hall–Kier alpha value is -2.34. The normalized spacial score (nSPS) is 12.0. The van der Waals surface area contributed by atoms with Gasteiger partial charge in [-0.05, 0) is 38.1 Å². The summed E-state index contributed by atoms with van der Waals surface area (Å²) in [4.78, 5) is 22.7. The lowest BCUT2D eigenvalue weighted by Gasteiger charge is -2.27. The van der Waals surface area contributed by atoms with Crippen LogP contribution in [0.3, 0.4) is 0 Å². The molecule has 0 saturated heterocycles. The highest BCUT2D eigenvalue weighted by Crippen LogP contribution is 2.23. The third-order valence-corrected chi connectivity index (χ3v) is 3.49. The predicted molar refractivity (Wildman–Crippen MR) is 82.7 cm³/mol. The number of amides is 1. The Morgan fingerprint density at radius 1 is 1.36 bits per heavy atom. The highest BCUT2D eigenvalue weighted by Gasteiger charge is 2.23. The number of rotatable bonds is 5. The molecule has 5 nitrogen and oxygen atoms in total. The van der Waals surface area contributed by atoms with Gasteiger partial charge in [0.25, 0.3) is 5.91 Å². The molecule has 0 saturated carbocycles. The molecule has 0 aliphatic rings. The molecule has 1 atom stereocenters. The third-order valence-electron chi connectivity index (χ3n) is 3.49. The van der Waals surface area contributed by atoms with Crippen molar-refractivity contribution in [3.63, 3.8) is 0 Å². The van der Waals surface area contributed by atoms with Gasteiger partial charge in [0.2, 0.25) is 0 Å². The number of nitrogens with zero attached hydrogens (tertiary/aromatic N) is 3. The molecule has 1 aromatic carbocycles. The number of hydrogen-bond acceptors (Lipinski definition) is 4. The fourth-order valence-electron chi connectivity index (χ4n) is 2.26. The first-order valence-corrected chi connectivity index (χ1v) is 7.16. The molecule has 2 rings (SSSR count). The Balaban J connectivity index is 2.50.